The van der Waals surface area contributed by atoms with Crippen molar-refractivity contribution in [3.63, 3.8) is 0 Å². The summed E-state index contributed by atoms with van der Waals surface area (Å²) < 4.78 is 12.6. The van der Waals surface area contributed by atoms with Crippen LogP contribution in [-0.2, 0) is 6.42 Å². The molecule has 0 heterocycles. The Bertz CT molecular complexity index is 448. The van der Waals surface area contributed by atoms with Gasteiger partial charge in [0, 0.05) is 16.1 Å². The van der Waals surface area contributed by atoms with Crippen molar-refractivity contribution in [1.82, 2.24) is 0 Å². The fraction of sp³-hybridized carbons (Fsp3) is 0.600. The zero-order valence-electron chi connectivity index (χ0n) is 11.7. The standard InChI is InChI=1S/C15H22BrNO2/c1-3-18-13-9-11(16)10-7-5-6-8-12(17)14(10)15(13)19-4-2/h9,12H,3-8,17H2,1-2H3. The summed E-state index contributed by atoms with van der Waals surface area (Å²) in [6.45, 7) is 5.23. The van der Waals surface area contributed by atoms with E-state index in [-0.39, 0.29) is 6.04 Å². The molecule has 2 rings (SSSR count). The lowest BCUT2D eigenvalue weighted by atomic mass is 9.98. The normalized spacial score (nSPS) is 18.6. The van der Waals surface area contributed by atoms with Gasteiger partial charge in [-0.3, -0.25) is 0 Å². The van der Waals surface area contributed by atoms with Gasteiger partial charge in [0.2, 0.25) is 0 Å². The second-order valence-electron chi connectivity index (χ2n) is 4.80. The zero-order valence-corrected chi connectivity index (χ0v) is 13.3. The number of fused-ring (bicyclic) bond motifs is 1. The average Bonchev–Trinajstić information content (AvgIpc) is 2.57. The first kappa shape index (κ1) is 14.7. The lowest BCUT2D eigenvalue weighted by Gasteiger charge is -2.22. The summed E-state index contributed by atoms with van der Waals surface area (Å²) in [5.74, 6) is 1.64. The number of rotatable bonds is 4. The molecule has 1 atom stereocenters. The minimum Gasteiger partial charge on any atom is -0.490 e. The van der Waals surface area contributed by atoms with Gasteiger partial charge in [0.05, 0.1) is 13.2 Å². The molecule has 0 aromatic heterocycles. The first-order chi connectivity index (χ1) is 9.19. The fourth-order valence-electron chi connectivity index (χ4n) is 2.68. The van der Waals surface area contributed by atoms with Gasteiger partial charge in [-0.1, -0.05) is 22.4 Å². The van der Waals surface area contributed by atoms with Crippen LogP contribution in [-0.4, -0.2) is 13.2 Å². The largest absolute Gasteiger partial charge is 0.490 e. The molecule has 0 radical (unpaired) electrons. The lowest BCUT2D eigenvalue weighted by molar-refractivity contribution is 0.283. The lowest BCUT2D eigenvalue weighted by Crippen LogP contribution is -2.14. The number of halogens is 1. The maximum absolute atomic E-state index is 6.35. The molecular weight excluding hydrogens is 306 g/mol. The van der Waals surface area contributed by atoms with E-state index in [1.807, 2.05) is 19.9 Å². The van der Waals surface area contributed by atoms with Gasteiger partial charge in [0.1, 0.15) is 0 Å². The fourth-order valence-corrected chi connectivity index (χ4v) is 3.30. The summed E-state index contributed by atoms with van der Waals surface area (Å²) in [6, 6.07) is 2.06. The van der Waals surface area contributed by atoms with E-state index in [0.717, 1.165) is 40.8 Å². The van der Waals surface area contributed by atoms with Crippen LogP contribution in [0.3, 0.4) is 0 Å². The van der Waals surface area contributed by atoms with Crippen LogP contribution in [0.1, 0.15) is 50.3 Å². The van der Waals surface area contributed by atoms with E-state index >= 15 is 0 Å². The Kier molecular flexibility index (Phi) is 5.11. The van der Waals surface area contributed by atoms with E-state index in [1.54, 1.807) is 0 Å². The molecule has 1 aliphatic rings. The highest BCUT2D eigenvalue weighted by Crippen LogP contribution is 2.44. The van der Waals surface area contributed by atoms with Crippen LogP contribution >= 0.6 is 15.9 Å². The van der Waals surface area contributed by atoms with Gasteiger partial charge in [-0.25, -0.2) is 0 Å². The summed E-state index contributed by atoms with van der Waals surface area (Å²) in [6.07, 6.45) is 4.40. The van der Waals surface area contributed by atoms with Crippen LogP contribution in [0.15, 0.2) is 10.5 Å². The Morgan fingerprint density at radius 1 is 1.26 bits per heavy atom. The van der Waals surface area contributed by atoms with Crippen molar-refractivity contribution in [2.75, 3.05) is 13.2 Å². The smallest absolute Gasteiger partial charge is 0.166 e. The van der Waals surface area contributed by atoms with Gasteiger partial charge in [0.25, 0.3) is 0 Å². The topological polar surface area (TPSA) is 44.5 Å². The summed E-state index contributed by atoms with van der Waals surface area (Å²) in [5, 5.41) is 0. The molecule has 0 fully saturated rings. The molecule has 4 heteroatoms. The number of benzene rings is 1. The minimum absolute atomic E-state index is 0.0377. The molecule has 1 aromatic carbocycles. The maximum Gasteiger partial charge on any atom is 0.166 e. The van der Waals surface area contributed by atoms with Gasteiger partial charge in [-0.2, -0.15) is 0 Å². The van der Waals surface area contributed by atoms with E-state index in [2.05, 4.69) is 15.9 Å². The Labute approximate surface area is 123 Å². The van der Waals surface area contributed by atoms with Crippen LogP contribution in [0.25, 0.3) is 0 Å². The predicted octanol–water partition coefficient (Wildman–Crippen LogP) is 3.97. The first-order valence-electron chi connectivity index (χ1n) is 7.05. The molecule has 19 heavy (non-hydrogen) atoms. The molecule has 0 aliphatic heterocycles. The van der Waals surface area contributed by atoms with Gasteiger partial charge in [0.15, 0.2) is 11.5 Å². The molecular formula is C15H22BrNO2. The van der Waals surface area contributed by atoms with Crippen LogP contribution in [0.2, 0.25) is 0 Å². The average molecular weight is 328 g/mol. The summed E-state index contributed by atoms with van der Waals surface area (Å²) in [7, 11) is 0. The molecule has 0 bridgehead atoms. The highest BCUT2D eigenvalue weighted by atomic mass is 79.9. The van der Waals surface area contributed by atoms with E-state index in [1.165, 1.54) is 12.0 Å². The highest BCUT2D eigenvalue weighted by molar-refractivity contribution is 9.10. The van der Waals surface area contributed by atoms with Gasteiger partial charge in [-0.15, -0.1) is 0 Å². The van der Waals surface area contributed by atoms with Gasteiger partial charge in [-0.05, 0) is 44.7 Å². The van der Waals surface area contributed by atoms with E-state index < -0.39 is 0 Å². The number of hydrogen-bond donors (Lipinski definition) is 1. The maximum atomic E-state index is 6.35. The minimum atomic E-state index is 0.0377. The Morgan fingerprint density at radius 2 is 2.00 bits per heavy atom. The molecule has 0 saturated heterocycles. The quantitative estimate of drug-likeness (QED) is 0.851. The third-order valence-corrected chi connectivity index (χ3v) is 4.20. The summed E-state index contributed by atoms with van der Waals surface area (Å²) in [4.78, 5) is 0. The number of nitrogens with two attached hydrogens (primary N) is 1. The van der Waals surface area contributed by atoms with Gasteiger partial charge >= 0.3 is 0 Å². The predicted molar refractivity (Wildman–Crippen MR) is 81.0 cm³/mol. The van der Waals surface area contributed by atoms with Crippen molar-refractivity contribution in [3.8, 4) is 11.5 Å². The molecule has 2 N–H and O–H groups in total. The zero-order chi connectivity index (χ0) is 13.8. The highest BCUT2D eigenvalue weighted by Gasteiger charge is 2.25. The van der Waals surface area contributed by atoms with Crippen molar-refractivity contribution in [2.45, 2.75) is 45.6 Å². The molecule has 1 aliphatic carbocycles. The second-order valence-corrected chi connectivity index (χ2v) is 5.65. The van der Waals surface area contributed by atoms with Crippen molar-refractivity contribution >= 4 is 15.9 Å². The number of hydrogen-bond acceptors (Lipinski definition) is 3. The second kappa shape index (κ2) is 6.62. The van der Waals surface area contributed by atoms with Crippen molar-refractivity contribution in [1.29, 1.82) is 0 Å². The Balaban J connectivity index is 2.58. The van der Waals surface area contributed by atoms with Crippen molar-refractivity contribution in [2.24, 2.45) is 5.73 Å². The molecule has 3 nitrogen and oxygen atoms in total. The molecule has 0 saturated carbocycles. The van der Waals surface area contributed by atoms with E-state index in [9.17, 15) is 0 Å². The summed E-state index contributed by atoms with van der Waals surface area (Å²) >= 11 is 3.66. The van der Waals surface area contributed by atoms with Crippen molar-refractivity contribution < 1.29 is 9.47 Å². The third kappa shape index (κ3) is 3.06. The molecule has 0 spiro atoms. The SMILES string of the molecule is CCOc1cc(Br)c2c(c1OCC)C(N)CCCC2. The Morgan fingerprint density at radius 3 is 2.68 bits per heavy atom. The summed E-state index contributed by atoms with van der Waals surface area (Å²) in [5.41, 5.74) is 8.78. The van der Waals surface area contributed by atoms with Crippen LogP contribution in [0.5, 0.6) is 11.5 Å². The monoisotopic (exact) mass is 327 g/mol. The third-order valence-electron chi connectivity index (χ3n) is 3.49. The van der Waals surface area contributed by atoms with Crippen molar-refractivity contribution in [3.05, 3.63) is 21.7 Å². The molecule has 106 valence electrons. The molecule has 1 aromatic rings. The molecule has 0 amide bonds. The Hall–Kier alpha value is -0.740. The van der Waals surface area contributed by atoms with Crippen LogP contribution in [0.4, 0.5) is 0 Å². The van der Waals surface area contributed by atoms with Crippen LogP contribution in [0, 0.1) is 0 Å². The van der Waals surface area contributed by atoms with E-state index in [4.69, 9.17) is 15.2 Å². The van der Waals surface area contributed by atoms with E-state index in [0.29, 0.717) is 13.2 Å². The first-order valence-corrected chi connectivity index (χ1v) is 7.84. The van der Waals surface area contributed by atoms with Gasteiger partial charge < -0.3 is 15.2 Å². The number of ether oxygens (including phenoxy) is 2. The van der Waals surface area contributed by atoms with Crippen LogP contribution < -0.4 is 15.2 Å². The molecule has 1 unspecified atom stereocenters.